The van der Waals surface area contributed by atoms with Gasteiger partial charge in [-0.15, -0.1) is 0 Å². The third-order valence-corrected chi connectivity index (χ3v) is 5.08. The third kappa shape index (κ3) is 2.54. The summed E-state index contributed by atoms with van der Waals surface area (Å²) < 4.78 is 0. The van der Waals surface area contributed by atoms with Gasteiger partial charge in [0.2, 0.25) is 0 Å². The van der Waals surface area contributed by atoms with Crippen LogP contribution in [0.1, 0.15) is 29.6 Å². The van der Waals surface area contributed by atoms with Gasteiger partial charge in [-0.25, -0.2) is 0 Å². The molecule has 3 nitrogen and oxygen atoms in total. The summed E-state index contributed by atoms with van der Waals surface area (Å²) in [7, 11) is 1.89. The molecule has 1 aromatic rings. The second-order valence-electron chi connectivity index (χ2n) is 5.91. The first-order chi connectivity index (χ1) is 9.52. The summed E-state index contributed by atoms with van der Waals surface area (Å²) in [5.74, 6) is 0.00908. The van der Waals surface area contributed by atoms with Crippen molar-refractivity contribution in [1.82, 2.24) is 10.2 Å². The highest BCUT2D eigenvalue weighted by molar-refractivity contribution is 6.35. The highest BCUT2D eigenvalue weighted by Gasteiger charge is 2.56. The van der Waals surface area contributed by atoms with Crippen LogP contribution in [0.4, 0.5) is 0 Å². The summed E-state index contributed by atoms with van der Waals surface area (Å²) >= 11 is 11.9. The topological polar surface area (TPSA) is 32.3 Å². The van der Waals surface area contributed by atoms with E-state index in [2.05, 4.69) is 5.32 Å². The molecule has 1 atom stereocenters. The van der Waals surface area contributed by atoms with Crippen molar-refractivity contribution in [2.75, 3.05) is 20.1 Å². The number of nitrogens with zero attached hydrogens (tertiary/aromatic N) is 1. The zero-order chi connectivity index (χ0) is 14.3. The molecule has 1 unspecified atom stereocenters. The molecule has 1 saturated carbocycles. The lowest BCUT2D eigenvalue weighted by Crippen LogP contribution is -2.37. The van der Waals surface area contributed by atoms with Crippen molar-refractivity contribution in [1.29, 1.82) is 0 Å². The van der Waals surface area contributed by atoms with Crippen LogP contribution in [0.2, 0.25) is 10.0 Å². The fourth-order valence-electron chi connectivity index (χ4n) is 3.36. The average molecular weight is 313 g/mol. The quantitative estimate of drug-likeness (QED) is 0.909. The Kier molecular flexibility index (Phi) is 3.69. The van der Waals surface area contributed by atoms with Crippen LogP contribution in [0.3, 0.4) is 0 Å². The first kappa shape index (κ1) is 14.2. The molecule has 2 fully saturated rings. The summed E-state index contributed by atoms with van der Waals surface area (Å²) in [6, 6.07) is 5.37. The van der Waals surface area contributed by atoms with Crippen molar-refractivity contribution in [2.24, 2.45) is 5.41 Å². The van der Waals surface area contributed by atoms with Crippen LogP contribution in [-0.4, -0.2) is 37.0 Å². The van der Waals surface area contributed by atoms with Crippen LogP contribution < -0.4 is 5.32 Å². The van der Waals surface area contributed by atoms with E-state index >= 15 is 0 Å². The van der Waals surface area contributed by atoms with Crippen LogP contribution in [-0.2, 0) is 0 Å². The fraction of sp³-hybridized carbons (Fsp3) is 0.533. The first-order valence-corrected chi connectivity index (χ1v) is 7.71. The van der Waals surface area contributed by atoms with Crippen molar-refractivity contribution < 1.29 is 4.79 Å². The molecule has 0 radical (unpaired) electrons. The van der Waals surface area contributed by atoms with E-state index in [9.17, 15) is 4.79 Å². The number of hydrogen-bond acceptors (Lipinski definition) is 2. The zero-order valence-electron chi connectivity index (χ0n) is 11.5. The van der Waals surface area contributed by atoms with Gasteiger partial charge in [-0.3, -0.25) is 4.79 Å². The second kappa shape index (κ2) is 5.21. The molecule has 0 bridgehead atoms. The molecule has 5 heteroatoms. The SMILES string of the molecule is CN(C(=O)c1cc(Cl)cc(Cl)c1)C1CC12CCNCC2. The van der Waals surface area contributed by atoms with Crippen LogP contribution in [0.15, 0.2) is 18.2 Å². The minimum absolute atomic E-state index is 0.00908. The van der Waals surface area contributed by atoms with Gasteiger partial charge in [-0.05, 0) is 56.0 Å². The van der Waals surface area contributed by atoms with Crippen molar-refractivity contribution in [3.8, 4) is 0 Å². The van der Waals surface area contributed by atoms with E-state index in [1.807, 2.05) is 11.9 Å². The number of rotatable bonds is 2. The Labute approximate surface area is 129 Å². The van der Waals surface area contributed by atoms with Gasteiger partial charge in [-0.2, -0.15) is 0 Å². The van der Waals surface area contributed by atoms with E-state index in [1.54, 1.807) is 18.2 Å². The van der Waals surface area contributed by atoms with E-state index in [-0.39, 0.29) is 5.91 Å². The van der Waals surface area contributed by atoms with Gasteiger partial charge in [0, 0.05) is 28.7 Å². The van der Waals surface area contributed by atoms with Crippen LogP contribution in [0, 0.1) is 5.41 Å². The summed E-state index contributed by atoms with van der Waals surface area (Å²) in [6.45, 7) is 2.11. The van der Waals surface area contributed by atoms with E-state index in [0.29, 0.717) is 27.1 Å². The van der Waals surface area contributed by atoms with Gasteiger partial charge in [0.15, 0.2) is 0 Å². The fourth-order valence-corrected chi connectivity index (χ4v) is 3.88. The number of halogens is 2. The van der Waals surface area contributed by atoms with E-state index in [1.165, 1.54) is 0 Å². The maximum absolute atomic E-state index is 12.5. The highest BCUT2D eigenvalue weighted by atomic mass is 35.5. The van der Waals surface area contributed by atoms with Crippen LogP contribution in [0.25, 0.3) is 0 Å². The summed E-state index contributed by atoms with van der Waals surface area (Å²) in [6.07, 6.45) is 3.43. The zero-order valence-corrected chi connectivity index (χ0v) is 13.0. The van der Waals surface area contributed by atoms with E-state index < -0.39 is 0 Å². The molecule has 2 aliphatic rings. The monoisotopic (exact) mass is 312 g/mol. The maximum Gasteiger partial charge on any atom is 0.253 e. The molecular weight excluding hydrogens is 295 g/mol. The predicted molar refractivity (Wildman–Crippen MR) is 81.5 cm³/mol. The third-order valence-electron chi connectivity index (χ3n) is 4.64. The summed E-state index contributed by atoms with van der Waals surface area (Å²) in [5, 5.41) is 4.38. The van der Waals surface area contributed by atoms with Gasteiger partial charge in [-0.1, -0.05) is 23.2 Å². The number of carbonyl (C=O) groups excluding carboxylic acids is 1. The molecule has 20 heavy (non-hydrogen) atoms. The van der Waals surface area contributed by atoms with Crippen molar-refractivity contribution in [3.05, 3.63) is 33.8 Å². The number of amides is 1. The smallest absolute Gasteiger partial charge is 0.253 e. The lowest BCUT2D eigenvalue weighted by molar-refractivity contribution is 0.0755. The minimum Gasteiger partial charge on any atom is -0.338 e. The lowest BCUT2D eigenvalue weighted by Gasteiger charge is -2.27. The highest BCUT2D eigenvalue weighted by Crippen LogP contribution is 2.55. The largest absolute Gasteiger partial charge is 0.338 e. The number of piperidine rings is 1. The van der Waals surface area contributed by atoms with Gasteiger partial charge < -0.3 is 10.2 Å². The van der Waals surface area contributed by atoms with E-state index in [0.717, 1.165) is 32.4 Å². The van der Waals surface area contributed by atoms with Crippen LogP contribution in [0.5, 0.6) is 0 Å². The first-order valence-electron chi connectivity index (χ1n) is 6.96. The van der Waals surface area contributed by atoms with E-state index in [4.69, 9.17) is 23.2 Å². The molecule has 0 aromatic heterocycles. The Bertz CT molecular complexity index is 520. The summed E-state index contributed by atoms with van der Waals surface area (Å²) in [4.78, 5) is 14.4. The molecule has 108 valence electrons. The maximum atomic E-state index is 12.5. The molecular formula is C15H18Cl2N2O. The molecule has 1 saturated heterocycles. The number of carbonyl (C=O) groups is 1. The molecule has 1 aliphatic carbocycles. The Morgan fingerprint density at radius 3 is 2.45 bits per heavy atom. The Morgan fingerprint density at radius 2 is 1.85 bits per heavy atom. The predicted octanol–water partition coefficient (Wildman–Crippen LogP) is 3.21. The average Bonchev–Trinajstić information content (AvgIpc) is 3.10. The molecule has 1 spiro atoms. The Balaban J connectivity index is 1.74. The summed E-state index contributed by atoms with van der Waals surface area (Å²) in [5.41, 5.74) is 0.916. The normalized spacial score (nSPS) is 23.6. The van der Waals surface area contributed by atoms with Gasteiger partial charge in [0.25, 0.3) is 5.91 Å². The Hall–Kier alpha value is -0.770. The Morgan fingerprint density at radius 1 is 1.25 bits per heavy atom. The van der Waals surface area contributed by atoms with Gasteiger partial charge in [0.05, 0.1) is 0 Å². The molecule has 1 amide bonds. The second-order valence-corrected chi connectivity index (χ2v) is 6.78. The molecule has 1 aliphatic heterocycles. The van der Waals surface area contributed by atoms with Crippen LogP contribution >= 0.6 is 23.2 Å². The van der Waals surface area contributed by atoms with Crippen molar-refractivity contribution in [2.45, 2.75) is 25.3 Å². The van der Waals surface area contributed by atoms with Gasteiger partial charge in [0.1, 0.15) is 0 Å². The number of hydrogen-bond donors (Lipinski definition) is 1. The molecule has 1 aromatic carbocycles. The molecule has 3 rings (SSSR count). The molecule has 1 heterocycles. The standard InChI is InChI=1S/C15H18Cl2N2O/c1-19(13-9-15(13)2-4-18-5-3-15)14(20)10-6-11(16)8-12(17)7-10/h6-8,13,18H,2-5,9H2,1H3. The van der Waals surface area contributed by atoms with Gasteiger partial charge >= 0.3 is 0 Å². The van der Waals surface area contributed by atoms with Crippen molar-refractivity contribution in [3.63, 3.8) is 0 Å². The molecule has 1 N–H and O–H groups in total. The number of benzene rings is 1. The van der Waals surface area contributed by atoms with Crippen molar-refractivity contribution >= 4 is 29.1 Å². The minimum atomic E-state index is 0.00908. The number of nitrogens with one attached hydrogen (secondary N) is 1. The lowest BCUT2D eigenvalue weighted by atomic mass is 9.93.